The second kappa shape index (κ2) is 9.82. The molecular weight excluding hydrogens is 226 g/mol. The molecule has 0 aliphatic carbocycles. The van der Waals surface area contributed by atoms with E-state index in [0.717, 1.165) is 12.8 Å². The van der Waals surface area contributed by atoms with Crippen LogP contribution in [0.4, 0.5) is 0 Å². The maximum atomic E-state index is 10.5. The van der Waals surface area contributed by atoms with Crippen LogP contribution in [0.2, 0.25) is 0 Å². The van der Waals surface area contributed by atoms with Gasteiger partial charge in [-0.2, -0.15) is 0 Å². The summed E-state index contributed by atoms with van der Waals surface area (Å²) in [6.45, 7) is 3.98. The van der Waals surface area contributed by atoms with Gasteiger partial charge in [-0.3, -0.25) is 0 Å². The molecule has 0 spiro atoms. The Morgan fingerprint density at radius 1 is 1.33 bits per heavy atom. The smallest absolute Gasteiger partial charge is 0.155 e. The van der Waals surface area contributed by atoms with Crippen LogP contribution in [-0.2, 0) is 30.6 Å². The quantitative estimate of drug-likeness (QED) is 0.442. The van der Waals surface area contributed by atoms with Gasteiger partial charge in [-0.25, -0.2) is 4.21 Å². The van der Waals surface area contributed by atoms with Crippen molar-refractivity contribution < 1.29 is 28.2 Å². The summed E-state index contributed by atoms with van der Waals surface area (Å²) in [5, 5.41) is -0.0492. The predicted molar refractivity (Wildman–Crippen MR) is 49.0 cm³/mol. The molecule has 2 nitrogen and oxygen atoms in total. The molecule has 0 aliphatic rings. The molecule has 0 aromatic carbocycles. The molecule has 1 N–H and O–H groups in total. The molecule has 0 amide bonds. The number of rotatable bonds is 6. The maximum Gasteiger partial charge on any atom is 0.155 e. The molecule has 70 valence electrons. The second-order valence-electron chi connectivity index (χ2n) is 2.94. The minimum atomic E-state index is -1.62. The molecule has 0 saturated carbocycles. The van der Waals surface area contributed by atoms with E-state index in [4.69, 9.17) is 4.55 Å². The summed E-state index contributed by atoms with van der Waals surface area (Å²) in [6, 6.07) is 0. The van der Waals surface area contributed by atoms with Gasteiger partial charge in [0.2, 0.25) is 0 Å². The largest absolute Gasteiger partial charge is 0.306 e. The predicted octanol–water partition coefficient (Wildman–Crippen LogP) is 2.56. The summed E-state index contributed by atoms with van der Waals surface area (Å²) in [4.78, 5) is 0. The van der Waals surface area contributed by atoms with Crippen molar-refractivity contribution in [2.75, 3.05) is 0 Å². The summed E-state index contributed by atoms with van der Waals surface area (Å²) in [7, 11) is 0. The molecule has 0 fully saturated rings. The Morgan fingerprint density at radius 2 is 1.92 bits per heavy atom. The van der Waals surface area contributed by atoms with Crippen LogP contribution in [0.5, 0.6) is 0 Å². The third-order valence-electron chi connectivity index (χ3n) is 1.81. The molecule has 2 atom stereocenters. The molecule has 0 bridgehead atoms. The van der Waals surface area contributed by atoms with Gasteiger partial charge in [-0.05, 0) is 13.3 Å². The molecule has 12 heavy (non-hydrogen) atoms. The van der Waals surface area contributed by atoms with Crippen LogP contribution < -0.4 is 0 Å². The molecule has 4 heteroatoms. The van der Waals surface area contributed by atoms with E-state index in [2.05, 4.69) is 6.92 Å². The van der Waals surface area contributed by atoms with Crippen molar-refractivity contribution in [3.63, 3.8) is 0 Å². The Hall–Kier alpha value is 0.733. The van der Waals surface area contributed by atoms with Crippen molar-refractivity contribution in [1.29, 1.82) is 0 Å². The van der Waals surface area contributed by atoms with Crippen molar-refractivity contribution in [3.05, 3.63) is 0 Å². The van der Waals surface area contributed by atoms with Gasteiger partial charge < -0.3 is 4.55 Å². The molecule has 2 unspecified atom stereocenters. The van der Waals surface area contributed by atoms with E-state index in [1.807, 2.05) is 6.92 Å². The van der Waals surface area contributed by atoms with Gasteiger partial charge >= 0.3 is 0 Å². The van der Waals surface area contributed by atoms with Crippen LogP contribution >= 0.6 is 0 Å². The Labute approximate surface area is 90.6 Å². The monoisotopic (exact) mass is 242 g/mol. The fraction of sp³-hybridized carbons (Fsp3) is 1.00. The first-order valence-corrected chi connectivity index (χ1v) is 5.45. The van der Waals surface area contributed by atoms with Gasteiger partial charge in [-0.15, -0.1) is 0 Å². The van der Waals surface area contributed by atoms with E-state index in [9.17, 15) is 4.21 Å². The molecule has 0 aromatic heterocycles. The molecule has 0 aliphatic heterocycles. The first-order valence-electron chi connectivity index (χ1n) is 4.28. The van der Waals surface area contributed by atoms with E-state index in [0.29, 0.717) is 0 Å². The molecule has 0 aromatic rings. The van der Waals surface area contributed by atoms with Crippen LogP contribution in [0.3, 0.4) is 0 Å². The number of unbranched alkanes of at least 4 members (excludes halogenated alkanes) is 3. The average Bonchev–Trinajstić information content (AvgIpc) is 1.97. The maximum absolute atomic E-state index is 10.5. The Bertz CT molecular complexity index is 120. The fourth-order valence-corrected chi connectivity index (χ4v) is 1.33. The fourth-order valence-electron chi connectivity index (χ4n) is 0.959. The SMILES string of the molecule is CCCCCCC(C)S(=O)O.[Zn]. The van der Waals surface area contributed by atoms with Gasteiger partial charge in [0.15, 0.2) is 11.1 Å². The standard InChI is InChI=1S/C8H18O2S.Zn/c1-3-4-5-6-7-8(2)11(9)10;/h8H,3-7H2,1-2H3,(H,9,10);. The zero-order valence-electron chi connectivity index (χ0n) is 8.08. The molecule has 0 radical (unpaired) electrons. The summed E-state index contributed by atoms with van der Waals surface area (Å²) in [6.07, 6.45) is 5.61. The first-order chi connectivity index (χ1) is 5.18. The van der Waals surface area contributed by atoms with Crippen LogP contribution in [0.15, 0.2) is 0 Å². The minimum Gasteiger partial charge on any atom is -0.306 e. The van der Waals surface area contributed by atoms with E-state index < -0.39 is 11.1 Å². The third kappa shape index (κ3) is 8.83. The van der Waals surface area contributed by atoms with E-state index >= 15 is 0 Å². The summed E-state index contributed by atoms with van der Waals surface area (Å²) < 4.78 is 19.1. The van der Waals surface area contributed by atoms with E-state index in [1.54, 1.807) is 0 Å². The number of hydrogen-bond acceptors (Lipinski definition) is 1. The van der Waals surface area contributed by atoms with Gasteiger partial charge in [0.25, 0.3) is 0 Å². The van der Waals surface area contributed by atoms with Crippen LogP contribution in [0.25, 0.3) is 0 Å². The van der Waals surface area contributed by atoms with Crippen molar-refractivity contribution in [2.45, 2.75) is 51.2 Å². The first kappa shape index (κ1) is 15.2. The van der Waals surface area contributed by atoms with Crippen molar-refractivity contribution >= 4 is 11.1 Å². The summed E-state index contributed by atoms with van der Waals surface area (Å²) >= 11 is -1.62. The topological polar surface area (TPSA) is 37.3 Å². The zero-order valence-corrected chi connectivity index (χ0v) is 11.9. The van der Waals surface area contributed by atoms with Crippen molar-refractivity contribution in [3.8, 4) is 0 Å². The van der Waals surface area contributed by atoms with E-state index in [-0.39, 0.29) is 24.7 Å². The molecule has 0 saturated heterocycles. The van der Waals surface area contributed by atoms with Crippen LogP contribution in [-0.4, -0.2) is 14.0 Å². The Kier molecular flexibility index (Phi) is 12.5. The van der Waals surface area contributed by atoms with Gasteiger partial charge in [0.05, 0.1) is 5.25 Å². The van der Waals surface area contributed by atoms with Crippen molar-refractivity contribution in [1.82, 2.24) is 0 Å². The second-order valence-corrected chi connectivity index (χ2v) is 4.29. The number of hydrogen-bond donors (Lipinski definition) is 1. The van der Waals surface area contributed by atoms with Crippen LogP contribution in [0.1, 0.15) is 46.0 Å². The molecule has 0 rings (SSSR count). The van der Waals surface area contributed by atoms with Gasteiger partial charge in [-0.1, -0.05) is 32.6 Å². The summed E-state index contributed by atoms with van der Waals surface area (Å²) in [5.41, 5.74) is 0. The average molecular weight is 244 g/mol. The molecule has 0 heterocycles. The third-order valence-corrected chi connectivity index (χ3v) is 2.73. The normalized spacial score (nSPS) is 14.9. The van der Waals surface area contributed by atoms with Gasteiger partial charge in [0, 0.05) is 19.5 Å². The molecular formula is C8H18O2SZn. The van der Waals surface area contributed by atoms with Crippen LogP contribution in [0, 0.1) is 0 Å². The Morgan fingerprint density at radius 3 is 2.33 bits per heavy atom. The van der Waals surface area contributed by atoms with Gasteiger partial charge in [0.1, 0.15) is 0 Å². The minimum absolute atomic E-state index is 0. The summed E-state index contributed by atoms with van der Waals surface area (Å²) in [5.74, 6) is 0. The van der Waals surface area contributed by atoms with Crippen molar-refractivity contribution in [2.24, 2.45) is 0 Å². The van der Waals surface area contributed by atoms with E-state index in [1.165, 1.54) is 19.3 Å². The zero-order chi connectivity index (χ0) is 8.69. The Balaban J connectivity index is 0.